The number of benzene rings is 2. The molecule has 1 fully saturated rings. The molecule has 3 rings (SSSR count). The third-order valence-corrected chi connectivity index (χ3v) is 5.28. The molecule has 1 aliphatic heterocycles. The minimum absolute atomic E-state index is 0.140. The van der Waals surface area contributed by atoms with Crippen LogP contribution in [0.1, 0.15) is 40.4 Å². The molecule has 30 heavy (non-hydrogen) atoms. The first-order valence-electron chi connectivity index (χ1n) is 9.67. The topological polar surface area (TPSA) is 97.9 Å². The first-order valence-corrected chi connectivity index (χ1v) is 9.67. The van der Waals surface area contributed by atoms with Gasteiger partial charge >= 0.3 is 5.97 Å². The van der Waals surface area contributed by atoms with Crippen LogP contribution in [0.25, 0.3) is 0 Å². The van der Waals surface area contributed by atoms with Crippen molar-refractivity contribution in [3.63, 3.8) is 0 Å². The summed E-state index contributed by atoms with van der Waals surface area (Å²) < 4.78 is 15.6. The van der Waals surface area contributed by atoms with Gasteiger partial charge in [0.05, 0.1) is 32.9 Å². The Balaban J connectivity index is 1.79. The van der Waals surface area contributed by atoms with E-state index in [9.17, 15) is 9.59 Å². The number of carbonyl (C=O) groups excluding carboxylic acids is 2. The number of hydrazine groups is 1. The first kappa shape index (κ1) is 21.6. The molecule has 1 saturated heterocycles. The molecule has 0 aliphatic carbocycles. The quantitative estimate of drug-likeness (QED) is 0.597. The molecule has 3 atom stereocenters. The second-order valence-electron chi connectivity index (χ2n) is 7.06. The van der Waals surface area contributed by atoms with E-state index in [1.54, 1.807) is 19.2 Å². The summed E-state index contributed by atoms with van der Waals surface area (Å²) in [5, 5.41) is 2.99. The average molecular weight is 413 g/mol. The average Bonchev–Trinajstić information content (AvgIpc) is 3.28. The maximum atomic E-state index is 12.9. The fraction of sp³-hybridized carbons (Fsp3) is 0.364. The third kappa shape index (κ3) is 4.55. The Bertz CT molecular complexity index is 917. The Morgan fingerprint density at radius 2 is 1.90 bits per heavy atom. The zero-order chi connectivity index (χ0) is 21.7. The second-order valence-corrected chi connectivity index (χ2v) is 7.06. The summed E-state index contributed by atoms with van der Waals surface area (Å²) in [6, 6.07) is 12.2. The Morgan fingerprint density at radius 1 is 1.10 bits per heavy atom. The second kappa shape index (κ2) is 9.60. The zero-order valence-electron chi connectivity index (χ0n) is 17.5. The monoisotopic (exact) mass is 413 g/mol. The minimum atomic E-state index is -0.507. The van der Waals surface area contributed by atoms with Crippen molar-refractivity contribution in [1.82, 2.24) is 16.2 Å². The maximum Gasteiger partial charge on any atom is 0.324 e. The number of hydrogen-bond donors (Lipinski definition) is 3. The fourth-order valence-corrected chi connectivity index (χ4v) is 3.55. The van der Waals surface area contributed by atoms with Crippen LogP contribution in [0.4, 0.5) is 0 Å². The van der Waals surface area contributed by atoms with Gasteiger partial charge in [0.2, 0.25) is 0 Å². The SMILES string of the molecule is COC(=O)C1NNCC1c1ccc(C(=O)N[C@H](C)c2cccc(OC)c2)c(OC)c1. The molecule has 1 aliphatic rings. The lowest BCUT2D eigenvalue weighted by molar-refractivity contribution is -0.143. The predicted octanol–water partition coefficient (Wildman–Crippen LogP) is 1.93. The lowest BCUT2D eigenvalue weighted by Gasteiger charge is -2.19. The van der Waals surface area contributed by atoms with Crippen LogP contribution in [0, 0.1) is 0 Å². The summed E-state index contributed by atoms with van der Waals surface area (Å²) in [6.45, 7) is 2.46. The summed E-state index contributed by atoms with van der Waals surface area (Å²) in [5.41, 5.74) is 8.14. The summed E-state index contributed by atoms with van der Waals surface area (Å²) in [4.78, 5) is 24.9. The van der Waals surface area contributed by atoms with Crippen LogP contribution in [-0.2, 0) is 9.53 Å². The van der Waals surface area contributed by atoms with Gasteiger partial charge in [-0.05, 0) is 42.3 Å². The van der Waals surface area contributed by atoms with Crippen molar-refractivity contribution >= 4 is 11.9 Å². The third-order valence-electron chi connectivity index (χ3n) is 5.28. The maximum absolute atomic E-state index is 12.9. The molecule has 3 N–H and O–H groups in total. The summed E-state index contributed by atoms with van der Waals surface area (Å²) in [5.74, 6) is 0.436. The van der Waals surface area contributed by atoms with E-state index in [1.807, 2.05) is 37.3 Å². The normalized spacial score (nSPS) is 19.1. The van der Waals surface area contributed by atoms with Gasteiger partial charge < -0.3 is 19.5 Å². The zero-order valence-corrected chi connectivity index (χ0v) is 17.5. The van der Waals surface area contributed by atoms with E-state index in [0.29, 0.717) is 17.9 Å². The molecule has 160 valence electrons. The van der Waals surface area contributed by atoms with E-state index in [4.69, 9.17) is 14.2 Å². The molecular weight excluding hydrogens is 386 g/mol. The van der Waals surface area contributed by atoms with Crippen molar-refractivity contribution in [2.75, 3.05) is 27.9 Å². The molecule has 0 spiro atoms. The largest absolute Gasteiger partial charge is 0.497 e. The number of hydrogen-bond acceptors (Lipinski definition) is 7. The molecule has 2 unspecified atom stereocenters. The molecule has 1 amide bonds. The molecule has 8 nitrogen and oxygen atoms in total. The fourth-order valence-electron chi connectivity index (χ4n) is 3.55. The van der Waals surface area contributed by atoms with Crippen molar-refractivity contribution in [3.05, 3.63) is 59.2 Å². The Labute approximate surface area is 175 Å². The summed E-state index contributed by atoms with van der Waals surface area (Å²) in [7, 11) is 4.48. The van der Waals surface area contributed by atoms with Gasteiger partial charge in [0.25, 0.3) is 5.91 Å². The van der Waals surface area contributed by atoms with E-state index in [-0.39, 0.29) is 23.8 Å². The van der Waals surface area contributed by atoms with E-state index < -0.39 is 6.04 Å². The van der Waals surface area contributed by atoms with Gasteiger partial charge in [0.1, 0.15) is 17.5 Å². The van der Waals surface area contributed by atoms with Crippen LogP contribution in [-0.4, -0.2) is 45.8 Å². The number of esters is 1. The molecule has 0 saturated carbocycles. The molecule has 0 aromatic heterocycles. The Hall–Kier alpha value is -3.10. The van der Waals surface area contributed by atoms with E-state index in [2.05, 4.69) is 16.2 Å². The smallest absolute Gasteiger partial charge is 0.324 e. The summed E-state index contributed by atoms with van der Waals surface area (Å²) >= 11 is 0. The van der Waals surface area contributed by atoms with Crippen LogP contribution < -0.4 is 25.6 Å². The molecule has 2 aromatic rings. The molecule has 2 aromatic carbocycles. The molecule has 0 radical (unpaired) electrons. The first-order chi connectivity index (χ1) is 14.5. The van der Waals surface area contributed by atoms with Gasteiger partial charge in [-0.15, -0.1) is 0 Å². The van der Waals surface area contributed by atoms with Gasteiger partial charge in [-0.3, -0.25) is 15.0 Å². The van der Waals surface area contributed by atoms with Crippen LogP contribution in [0.3, 0.4) is 0 Å². The van der Waals surface area contributed by atoms with Crippen molar-refractivity contribution in [3.8, 4) is 11.5 Å². The van der Waals surface area contributed by atoms with Crippen LogP contribution in [0.2, 0.25) is 0 Å². The Kier molecular flexibility index (Phi) is 6.91. The van der Waals surface area contributed by atoms with E-state index >= 15 is 0 Å². The number of nitrogens with one attached hydrogen (secondary N) is 3. The highest BCUT2D eigenvalue weighted by Crippen LogP contribution is 2.29. The van der Waals surface area contributed by atoms with Gasteiger partial charge in [0.15, 0.2) is 0 Å². The van der Waals surface area contributed by atoms with Gasteiger partial charge in [-0.2, -0.15) is 0 Å². The lowest BCUT2D eigenvalue weighted by atomic mass is 9.92. The highest BCUT2D eigenvalue weighted by molar-refractivity contribution is 5.97. The number of ether oxygens (including phenoxy) is 3. The Morgan fingerprint density at radius 3 is 2.60 bits per heavy atom. The van der Waals surface area contributed by atoms with Crippen LogP contribution >= 0.6 is 0 Å². The molecule has 1 heterocycles. The van der Waals surface area contributed by atoms with Crippen molar-refractivity contribution in [1.29, 1.82) is 0 Å². The van der Waals surface area contributed by atoms with Gasteiger partial charge in [-0.25, -0.2) is 5.43 Å². The van der Waals surface area contributed by atoms with Crippen molar-refractivity contribution < 1.29 is 23.8 Å². The van der Waals surface area contributed by atoms with E-state index in [0.717, 1.165) is 16.9 Å². The highest BCUT2D eigenvalue weighted by atomic mass is 16.5. The van der Waals surface area contributed by atoms with Gasteiger partial charge in [-0.1, -0.05) is 18.2 Å². The number of amides is 1. The number of carbonyl (C=O) groups is 2. The van der Waals surface area contributed by atoms with Crippen molar-refractivity contribution in [2.45, 2.75) is 24.9 Å². The minimum Gasteiger partial charge on any atom is -0.497 e. The predicted molar refractivity (Wildman–Crippen MR) is 112 cm³/mol. The molecule has 8 heteroatoms. The highest BCUT2D eigenvalue weighted by Gasteiger charge is 2.35. The van der Waals surface area contributed by atoms with Crippen molar-refractivity contribution in [2.24, 2.45) is 0 Å². The summed E-state index contributed by atoms with van der Waals surface area (Å²) in [6.07, 6.45) is 0. The molecular formula is C22H27N3O5. The van der Waals surface area contributed by atoms with Crippen LogP contribution in [0.15, 0.2) is 42.5 Å². The lowest BCUT2D eigenvalue weighted by Crippen LogP contribution is -2.38. The number of methoxy groups -OCH3 is 3. The molecule has 0 bridgehead atoms. The number of rotatable bonds is 7. The standard InChI is InChI=1S/C22H27N3O5/c1-13(14-6-5-7-16(10-14)28-2)24-21(26)17-9-8-15(11-19(17)29-3)18-12-23-25-20(18)22(27)30-4/h5-11,13,18,20,23,25H,12H2,1-4H3,(H,24,26)/t13-,18?,20?/m1/s1. The van der Waals surface area contributed by atoms with Crippen LogP contribution in [0.5, 0.6) is 11.5 Å². The van der Waals surface area contributed by atoms with Gasteiger partial charge in [0, 0.05) is 12.5 Å². The van der Waals surface area contributed by atoms with E-state index in [1.165, 1.54) is 14.2 Å².